The Kier molecular flexibility index (Phi) is 4.74. The fraction of sp³-hybridized carbons (Fsp3) is 0.571. The maximum Gasteiger partial charge on any atom is 0.250 e. The summed E-state index contributed by atoms with van der Waals surface area (Å²) in [4.78, 5) is 17.5. The number of hydrogen-bond acceptors (Lipinski definition) is 4. The van der Waals surface area contributed by atoms with Crippen molar-refractivity contribution >= 4 is 11.7 Å². The van der Waals surface area contributed by atoms with Crippen molar-refractivity contribution in [1.29, 1.82) is 0 Å². The zero-order valence-electron chi connectivity index (χ0n) is 11.4. The highest BCUT2D eigenvalue weighted by Crippen LogP contribution is 2.21. The normalized spacial score (nSPS) is 15.9. The van der Waals surface area contributed by atoms with Crippen molar-refractivity contribution in [2.75, 3.05) is 25.5 Å². The predicted octanol–water partition coefficient (Wildman–Crippen LogP) is 1.47. The summed E-state index contributed by atoms with van der Waals surface area (Å²) in [7, 11) is 2.18. The lowest BCUT2D eigenvalue weighted by atomic mass is 10.2. The van der Waals surface area contributed by atoms with Gasteiger partial charge in [-0.1, -0.05) is 12.8 Å². The summed E-state index contributed by atoms with van der Waals surface area (Å²) in [6.45, 7) is 1.86. The molecular weight excluding hydrogens is 240 g/mol. The van der Waals surface area contributed by atoms with Crippen LogP contribution in [0.25, 0.3) is 0 Å². The summed E-state index contributed by atoms with van der Waals surface area (Å²) >= 11 is 0. The maximum absolute atomic E-state index is 10.9. The molecule has 19 heavy (non-hydrogen) atoms. The Morgan fingerprint density at radius 2 is 2.21 bits per heavy atom. The standard InChI is InChI=1S/C14H22N4O/c1-18(12-4-2-3-5-12)9-8-16-13-7-6-11(10-17-13)14(15)19/h6-7,10,12H,2-5,8-9H2,1H3,(H2,15,19)(H,16,17). The van der Waals surface area contributed by atoms with E-state index < -0.39 is 5.91 Å². The number of amides is 1. The van der Waals surface area contributed by atoms with Gasteiger partial charge in [0, 0.05) is 25.3 Å². The van der Waals surface area contributed by atoms with E-state index in [1.54, 1.807) is 12.1 Å². The van der Waals surface area contributed by atoms with Crippen LogP contribution in [-0.4, -0.2) is 42.0 Å². The number of likely N-dealkylation sites (N-methyl/N-ethyl adjacent to an activating group) is 1. The molecule has 0 aliphatic heterocycles. The molecule has 5 heteroatoms. The zero-order valence-corrected chi connectivity index (χ0v) is 11.4. The van der Waals surface area contributed by atoms with Gasteiger partial charge in [0.15, 0.2) is 0 Å². The third kappa shape index (κ3) is 3.92. The van der Waals surface area contributed by atoms with Crippen LogP contribution >= 0.6 is 0 Å². The Hall–Kier alpha value is -1.62. The van der Waals surface area contributed by atoms with Gasteiger partial charge in [-0.25, -0.2) is 4.98 Å². The quantitative estimate of drug-likeness (QED) is 0.814. The number of aromatic nitrogens is 1. The molecule has 3 N–H and O–H groups in total. The van der Waals surface area contributed by atoms with Crippen molar-refractivity contribution in [3.05, 3.63) is 23.9 Å². The fourth-order valence-electron chi connectivity index (χ4n) is 2.53. The summed E-state index contributed by atoms with van der Waals surface area (Å²) in [6, 6.07) is 4.22. The lowest BCUT2D eigenvalue weighted by molar-refractivity contribution is 0.1000. The van der Waals surface area contributed by atoms with Crippen LogP contribution in [0, 0.1) is 0 Å². The van der Waals surface area contributed by atoms with Crippen molar-refractivity contribution in [2.24, 2.45) is 5.73 Å². The molecule has 104 valence electrons. The molecular formula is C14H22N4O. The summed E-state index contributed by atoms with van der Waals surface area (Å²) < 4.78 is 0. The molecule has 0 bridgehead atoms. The SMILES string of the molecule is CN(CCNc1ccc(C(N)=O)cn1)C1CCCC1. The van der Waals surface area contributed by atoms with E-state index in [-0.39, 0.29) is 0 Å². The molecule has 0 radical (unpaired) electrons. The summed E-state index contributed by atoms with van der Waals surface area (Å²) in [5.41, 5.74) is 5.61. The Bertz CT molecular complexity index is 412. The average molecular weight is 262 g/mol. The molecule has 2 rings (SSSR count). The Labute approximate surface area is 114 Å². The number of pyridine rings is 1. The lowest BCUT2D eigenvalue weighted by Gasteiger charge is -2.24. The van der Waals surface area contributed by atoms with Gasteiger partial charge in [0.1, 0.15) is 5.82 Å². The number of carbonyl (C=O) groups is 1. The van der Waals surface area contributed by atoms with Crippen LogP contribution in [0.5, 0.6) is 0 Å². The van der Waals surface area contributed by atoms with Crippen LogP contribution in [0.15, 0.2) is 18.3 Å². The summed E-state index contributed by atoms with van der Waals surface area (Å²) in [5, 5.41) is 3.26. The molecule has 1 saturated carbocycles. The molecule has 1 amide bonds. The van der Waals surface area contributed by atoms with E-state index in [0.29, 0.717) is 5.56 Å². The van der Waals surface area contributed by atoms with Crippen LogP contribution in [0.1, 0.15) is 36.0 Å². The van der Waals surface area contributed by atoms with Crippen molar-refractivity contribution in [1.82, 2.24) is 9.88 Å². The Morgan fingerprint density at radius 1 is 1.47 bits per heavy atom. The van der Waals surface area contributed by atoms with Gasteiger partial charge < -0.3 is 16.0 Å². The molecule has 0 saturated heterocycles. The van der Waals surface area contributed by atoms with Crippen LogP contribution in [-0.2, 0) is 0 Å². The van der Waals surface area contributed by atoms with Gasteiger partial charge in [0.05, 0.1) is 5.56 Å². The maximum atomic E-state index is 10.9. The number of nitrogens with one attached hydrogen (secondary N) is 1. The van der Waals surface area contributed by atoms with Crippen molar-refractivity contribution < 1.29 is 4.79 Å². The molecule has 5 nitrogen and oxygen atoms in total. The molecule has 1 heterocycles. The van der Waals surface area contributed by atoms with E-state index in [0.717, 1.165) is 24.9 Å². The van der Waals surface area contributed by atoms with Crippen molar-refractivity contribution in [3.8, 4) is 0 Å². The molecule has 0 spiro atoms. The second-order valence-electron chi connectivity index (χ2n) is 5.14. The first-order valence-electron chi connectivity index (χ1n) is 6.87. The highest BCUT2D eigenvalue weighted by atomic mass is 16.1. The number of anilines is 1. The topological polar surface area (TPSA) is 71.2 Å². The Morgan fingerprint density at radius 3 is 2.79 bits per heavy atom. The molecule has 1 aromatic heterocycles. The largest absolute Gasteiger partial charge is 0.369 e. The smallest absolute Gasteiger partial charge is 0.250 e. The molecule has 1 fully saturated rings. The van der Waals surface area contributed by atoms with Crippen LogP contribution in [0.2, 0.25) is 0 Å². The number of rotatable bonds is 6. The predicted molar refractivity (Wildman–Crippen MR) is 76.1 cm³/mol. The van der Waals surface area contributed by atoms with E-state index >= 15 is 0 Å². The second kappa shape index (κ2) is 6.52. The summed E-state index contributed by atoms with van der Waals surface area (Å²) in [6.07, 6.45) is 6.87. The van der Waals surface area contributed by atoms with Crippen LogP contribution < -0.4 is 11.1 Å². The van der Waals surface area contributed by atoms with Crippen molar-refractivity contribution in [2.45, 2.75) is 31.7 Å². The molecule has 1 aliphatic rings. The van der Waals surface area contributed by atoms with Crippen molar-refractivity contribution in [3.63, 3.8) is 0 Å². The van der Waals surface area contributed by atoms with E-state index in [9.17, 15) is 4.79 Å². The number of nitrogens with zero attached hydrogens (tertiary/aromatic N) is 2. The zero-order chi connectivity index (χ0) is 13.7. The van der Waals surface area contributed by atoms with Crippen LogP contribution in [0.4, 0.5) is 5.82 Å². The third-order valence-electron chi connectivity index (χ3n) is 3.77. The lowest BCUT2D eigenvalue weighted by Crippen LogP contribution is -2.33. The fourth-order valence-corrected chi connectivity index (χ4v) is 2.53. The van der Waals surface area contributed by atoms with Gasteiger partial charge in [-0.3, -0.25) is 4.79 Å². The number of hydrogen-bond donors (Lipinski definition) is 2. The van der Waals surface area contributed by atoms with E-state index in [1.807, 2.05) is 0 Å². The van der Waals surface area contributed by atoms with Gasteiger partial charge in [-0.05, 0) is 32.0 Å². The van der Waals surface area contributed by atoms with Gasteiger partial charge in [0.2, 0.25) is 5.91 Å². The van der Waals surface area contributed by atoms with Crippen LogP contribution in [0.3, 0.4) is 0 Å². The minimum atomic E-state index is -0.444. The minimum Gasteiger partial charge on any atom is -0.369 e. The monoisotopic (exact) mass is 262 g/mol. The second-order valence-corrected chi connectivity index (χ2v) is 5.14. The Balaban J connectivity index is 1.74. The summed E-state index contributed by atoms with van der Waals surface area (Å²) in [5.74, 6) is 0.338. The van der Waals surface area contributed by atoms with Gasteiger partial charge in [0.25, 0.3) is 0 Å². The molecule has 0 atom stereocenters. The number of nitrogens with two attached hydrogens (primary N) is 1. The molecule has 1 aromatic rings. The third-order valence-corrected chi connectivity index (χ3v) is 3.77. The molecule has 1 aliphatic carbocycles. The first kappa shape index (κ1) is 13.8. The van der Waals surface area contributed by atoms with Gasteiger partial charge in [-0.15, -0.1) is 0 Å². The number of primary amides is 1. The first-order chi connectivity index (χ1) is 9.16. The average Bonchev–Trinajstić information content (AvgIpc) is 2.93. The highest BCUT2D eigenvalue weighted by Gasteiger charge is 2.18. The van der Waals surface area contributed by atoms with E-state index in [2.05, 4.69) is 22.2 Å². The first-order valence-corrected chi connectivity index (χ1v) is 6.87. The van der Waals surface area contributed by atoms with Gasteiger partial charge >= 0.3 is 0 Å². The van der Waals surface area contributed by atoms with Gasteiger partial charge in [-0.2, -0.15) is 0 Å². The van der Waals surface area contributed by atoms with E-state index in [1.165, 1.54) is 31.9 Å². The minimum absolute atomic E-state index is 0.439. The number of carbonyl (C=O) groups excluding carboxylic acids is 1. The van der Waals surface area contributed by atoms with E-state index in [4.69, 9.17) is 5.73 Å². The highest BCUT2D eigenvalue weighted by molar-refractivity contribution is 5.92. The molecule has 0 aromatic carbocycles. The molecule has 0 unspecified atom stereocenters.